The first-order valence-corrected chi connectivity index (χ1v) is 7.14. The number of rotatable bonds is 6. The number of carbonyl (C=O) groups is 1. The maximum absolute atomic E-state index is 11.7. The van der Waals surface area contributed by atoms with Crippen LogP contribution in [0.2, 0.25) is 0 Å². The molecule has 1 aliphatic rings. The maximum atomic E-state index is 11.7. The molecule has 5 heteroatoms. The van der Waals surface area contributed by atoms with E-state index < -0.39 is 5.54 Å². The van der Waals surface area contributed by atoms with Crippen molar-refractivity contribution >= 4 is 17.7 Å². The number of nitriles is 1. The van der Waals surface area contributed by atoms with Crippen LogP contribution in [-0.2, 0) is 4.79 Å². The molecular weight excluding hydrogens is 234 g/mol. The normalized spacial score (nSPS) is 19.2. The SMILES string of the molecule is CC(C)C(C)(C#N)NC(=O)CSCC1CNC1. The van der Waals surface area contributed by atoms with Gasteiger partial charge in [0.2, 0.25) is 5.91 Å². The Morgan fingerprint density at radius 1 is 1.65 bits per heavy atom. The number of nitrogens with zero attached hydrogens (tertiary/aromatic N) is 1. The summed E-state index contributed by atoms with van der Waals surface area (Å²) in [5.74, 6) is 2.24. The van der Waals surface area contributed by atoms with Crippen molar-refractivity contribution in [1.82, 2.24) is 10.6 Å². The molecule has 0 bridgehead atoms. The quantitative estimate of drug-likeness (QED) is 0.743. The Morgan fingerprint density at radius 2 is 2.29 bits per heavy atom. The van der Waals surface area contributed by atoms with E-state index in [4.69, 9.17) is 5.26 Å². The molecule has 0 aliphatic carbocycles. The molecule has 0 aromatic carbocycles. The van der Waals surface area contributed by atoms with E-state index >= 15 is 0 Å². The average Bonchev–Trinajstić information content (AvgIpc) is 2.21. The van der Waals surface area contributed by atoms with Crippen molar-refractivity contribution in [3.05, 3.63) is 0 Å². The van der Waals surface area contributed by atoms with Crippen LogP contribution in [-0.4, -0.2) is 36.0 Å². The van der Waals surface area contributed by atoms with Gasteiger partial charge in [-0.05, 0) is 37.6 Å². The van der Waals surface area contributed by atoms with Crippen LogP contribution in [0.1, 0.15) is 20.8 Å². The van der Waals surface area contributed by atoms with Gasteiger partial charge >= 0.3 is 0 Å². The maximum Gasteiger partial charge on any atom is 0.231 e. The zero-order valence-electron chi connectivity index (χ0n) is 10.7. The Kier molecular flexibility index (Phi) is 5.29. The van der Waals surface area contributed by atoms with E-state index in [-0.39, 0.29) is 11.8 Å². The Hall–Kier alpha value is -0.730. The second-order valence-corrected chi connectivity index (χ2v) is 6.09. The molecule has 1 amide bonds. The zero-order chi connectivity index (χ0) is 12.9. The molecule has 0 spiro atoms. The van der Waals surface area contributed by atoms with Crippen molar-refractivity contribution in [3.63, 3.8) is 0 Å². The summed E-state index contributed by atoms with van der Waals surface area (Å²) < 4.78 is 0. The monoisotopic (exact) mass is 255 g/mol. The molecule has 1 saturated heterocycles. The number of amides is 1. The Labute approximate surface area is 108 Å². The molecule has 1 atom stereocenters. The second-order valence-electron chi connectivity index (χ2n) is 5.06. The van der Waals surface area contributed by atoms with Gasteiger partial charge in [0.1, 0.15) is 5.54 Å². The van der Waals surface area contributed by atoms with Crippen LogP contribution in [0.4, 0.5) is 0 Å². The van der Waals surface area contributed by atoms with E-state index in [1.54, 1.807) is 18.7 Å². The smallest absolute Gasteiger partial charge is 0.231 e. The fourth-order valence-electron chi connectivity index (χ4n) is 1.41. The first-order valence-electron chi connectivity index (χ1n) is 5.98. The number of hydrogen-bond donors (Lipinski definition) is 2. The van der Waals surface area contributed by atoms with Crippen molar-refractivity contribution < 1.29 is 4.79 Å². The Bertz CT molecular complexity index is 309. The van der Waals surface area contributed by atoms with E-state index in [2.05, 4.69) is 16.7 Å². The van der Waals surface area contributed by atoms with Gasteiger partial charge < -0.3 is 10.6 Å². The van der Waals surface area contributed by atoms with Crippen LogP contribution in [0.3, 0.4) is 0 Å². The topological polar surface area (TPSA) is 64.9 Å². The number of carbonyl (C=O) groups excluding carboxylic acids is 1. The minimum Gasteiger partial charge on any atom is -0.337 e. The first-order chi connectivity index (χ1) is 7.98. The largest absolute Gasteiger partial charge is 0.337 e. The highest BCUT2D eigenvalue weighted by Gasteiger charge is 2.29. The summed E-state index contributed by atoms with van der Waals surface area (Å²) in [6.07, 6.45) is 0. The summed E-state index contributed by atoms with van der Waals surface area (Å²) >= 11 is 1.65. The van der Waals surface area contributed by atoms with Gasteiger partial charge in [0.15, 0.2) is 0 Å². The Balaban J connectivity index is 2.25. The zero-order valence-corrected chi connectivity index (χ0v) is 11.6. The van der Waals surface area contributed by atoms with Crippen molar-refractivity contribution in [2.24, 2.45) is 11.8 Å². The van der Waals surface area contributed by atoms with Crippen LogP contribution >= 0.6 is 11.8 Å². The fourth-order valence-corrected chi connectivity index (χ4v) is 2.36. The van der Waals surface area contributed by atoms with E-state index in [0.29, 0.717) is 11.7 Å². The lowest BCUT2D eigenvalue weighted by molar-refractivity contribution is -0.120. The van der Waals surface area contributed by atoms with Gasteiger partial charge in [-0.25, -0.2) is 0 Å². The van der Waals surface area contributed by atoms with E-state index in [9.17, 15) is 4.79 Å². The summed E-state index contributed by atoms with van der Waals surface area (Å²) in [7, 11) is 0. The lowest BCUT2D eigenvalue weighted by Crippen LogP contribution is -2.49. The third-order valence-corrected chi connectivity index (χ3v) is 4.41. The standard InChI is InChI=1S/C12H21N3OS/c1-9(2)12(3,8-13)15-11(16)7-17-6-10-4-14-5-10/h9-10,14H,4-7H2,1-3H3,(H,15,16). The lowest BCUT2D eigenvalue weighted by Gasteiger charge is -2.28. The molecule has 1 fully saturated rings. The molecule has 96 valence electrons. The third kappa shape index (κ3) is 4.21. The highest BCUT2D eigenvalue weighted by molar-refractivity contribution is 7.99. The summed E-state index contributed by atoms with van der Waals surface area (Å²) in [4.78, 5) is 11.7. The molecule has 17 heavy (non-hydrogen) atoms. The van der Waals surface area contributed by atoms with Crippen molar-refractivity contribution in [3.8, 4) is 6.07 Å². The van der Waals surface area contributed by atoms with Crippen LogP contribution in [0.5, 0.6) is 0 Å². The molecule has 0 aromatic heterocycles. The first kappa shape index (κ1) is 14.3. The molecule has 1 unspecified atom stereocenters. The molecule has 0 radical (unpaired) electrons. The van der Waals surface area contributed by atoms with Crippen LogP contribution in [0.25, 0.3) is 0 Å². The van der Waals surface area contributed by atoms with E-state index in [1.807, 2.05) is 13.8 Å². The van der Waals surface area contributed by atoms with Gasteiger partial charge in [0.25, 0.3) is 0 Å². The number of nitrogens with one attached hydrogen (secondary N) is 2. The third-order valence-electron chi connectivity index (χ3n) is 3.24. The minimum absolute atomic E-state index is 0.0416. The van der Waals surface area contributed by atoms with Crippen LogP contribution in [0.15, 0.2) is 0 Å². The molecule has 1 rings (SSSR count). The van der Waals surface area contributed by atoms with Crippen LogP contribution in [0, 0.1) is 23.2 Å². The van der Waals surface area contributed by atoms with Gasteiger partial charge in [-0.15, -0.1) is 0 Å². The average molecular weight is 255 g/mol. The second kappa shape index (κ2) is 6.27. The van der Waals surface area contributed by atoms with Crippen molar-refractivity contribution in [1.29, 1.82) is 5.26 Å². The molecule has 0 aromatic rings. The molecular formula is C12H21N3OS. The lowest BCUT2D eigenvalue weighted by atomic mass is 9.90. The number of thioether (sulfide) groups is 1. The minimum atomic E-state index is -0.754. The van der Waals surface area contributed by atoms with Crippen LogP contribution < -0.4 is 10.6 Å². The highest BCUT2D eigenvalue weighted by atomic mass is 32.2. The Morgan fingerprint density at radius 3 is 2.71 bits per heavy atom. The summed E-state index contributed by atoms with van der Waals surface area (Å²) in [5, 5.41) is 15.1. The number of hydrogen-bond acceptors (Lipinski definition) is 4. The predicted octanol–water partition coefficient (Wildman–Crippen LogP) is 0.993. The molecule has 2 N–H and O–H groups in total. The molecule has 1 heterocycles. The van der Waals surface area contributed by atoms with E-state index in [1.165, 1.54) is 0 Å². The van der Waals surface area contributed by atoms with Crippen molar-refractivity contribution in [2.75, 3.05) is 24.6 Å². The predicted molar refractivity (Wildman–Crippen MR) is 70.7 cm³/mol. The van der Waals surface area contributed by atoms with Crippen molar-refractivity contribution in [2.45, 2.75) is 26.3 Å². The molecule has 1 aliphatic heterocycles. The molecule has 4 nitrogen and oxygen atoms in total. The highest BCUT2D eigenvalue weighted by Crippen LogP contribution is 2.16. The van der Waals surface area contributed by atoms with Gasteiger partial charge in [-0.3, -0.25) is 4.79 Å². The van der Waals surface area contributed by atoms with Gasteiger partial charge in [0, 0.05) is 0 Å². The summed E-state index contributed by atoms with van der Waals surface area (Å²) in [5.41, 5.74) is -0.754. The molecule has 0 saturated carbocycles. The van der Waals surface area contributed by atoms with Gasteiger partial charge in [-0.1, -0.05) is 13.8 Å². The van der Waals surface area contributed by atoms with E-state index in [0.717, 1.165) is 18.8 Å². The van der Waals surface area contributed by atoms with Gasteiger partial charge in [0.05, 0.1) is 11.8 Å². The summed E-state index contributed by atoms with van der Waals surface area (Å²) in [6.45, 7) is 7.79. The van der Waals surface area contributed by atoms with Gasteiger partial charge in [-0.2, -0.15) is 17.0 Å². The summed E-state index contributed by atoms with van der Waals surface area (Å²) in [6, 6.07) is 2.18. The fraction of sp³-hybridized carbons (Fsp3) is 0.833.